The molecule has 0 saturated heterocycles. The van der Waals surface area contributed by atoms with E-state index in [1.165, 1.54) is 6.20 Å². The molecule has 2 aromatic rings. The lowest BCUT2D eigenvalue weighted by atomic mass is 10.4. The second-order valence-electron chi connectivity index (χ2n) is 3.12. The van der Waals surface area contributed by atoms with E-state index in [1.807, 2.05) is 6.92 Å². The van der Waals surface area contributed by atoms with E-state index in [0.717, 1.165) is 5.56 Å². The molecule has 0 spiro atoms. The molecule has 0 atom stereocenters. The van der Waals surface area contributed by atoms with Crippen molar-refractivity contribution in [1.82, 2.24) is 25.2 Å². The van der Waals surface area contributed by atoms with Crippen LogP contribution in [0.3, 0.4) is 0 Å². The highest BCUT2D eigenvalue weighted by molar-refractivity contribution is 5.89. The molecule has 0 aliphatic heterocycles. The molecule has 0 unspecified atom stereocenters. The normalized spacial score (nSPS) is 10.2. The Morgan fingerprint density at radius 1 is 1.60 bits per heavy atom. The van der Waals surface area contributed by atoms with Crippen LogP contribution < -0.4 is 5.32 Å². The zero-order valence-corrected chi connectivity index (χ0v) is 8.14. The summed E-state index contributed by atoms with van der Waals surface area (Å²) < 4.78 is 1.56. The maximum Gasteiger partial charge on any atom is 0.247 e. The van der Waals surface area contributed by atoms with Gasteiger partial charge >= 0.3 is 0 Å². The third kappa shape index (κ3) is 2.39. The molecule has 0 aliphatic carbocycles. The van der Waals surface area contributed by atoms with Crippen molar-refractivity contribution in [3.05, 3.63) is 24.2 Å². The smallest absolute Gasteiger partial charge is 0.247 e. The maximum absolute atomic E-state index is 11.4. The molecular formula is C8H10N6O. The van der Waals surface area contributed by atoms with Gasteiger partial charge in [-0.2, -0.15) is 15.4 Å². The maximum atomic E-state index is 11.4. The van der Waals surface area contributed by atoms with E-state index in [9.17, 15) is 4.79 Å². The molecule has 2 aromatic heterocycles. The van der Waals surface area contributed by atoms with Crippen LogP contribution in [-0.4, -0.2) is 31.1 Å². The van der Waals surface area contributed by atoms with E-state index in [1.54, 1.807) is 17.1 Å². The van der Waals surface area contributed by atoms with Gasteiger partial charge in [0, 0.05) is 6.20 Å². The molecular weight excluding hydrogens is 196 g/mol. The van der Waals surface area contributed by atoms with Gasteiger partial charge < -0.3 is 5.32 Å². The van der Waals surface area contributed by atoms with Gasteiger partial charge in [0.05, 0.1) is 12.4 Å². The summed E-state index contributed by atoms with van der Waals surface area (Å²) in [5.74, 6) is 0.218. The first-order chi connectivity index (χ1) is 7.24. The van der Waals surface area contributed by atoms with Crippen LogP contribution in [0.5, 0.6) is 0 Å². The van der Waals surface area contributed by atoms with Crippen molar-refractivity contribution < 1.29 is 4.79 Å². The molecule has 0 saturated carbocycles. The van der Waals surface area contributed by atoms with Gasteiger partial charge in [0.2, 0.25) is 5.91 Å². The second kappa shape index (κ2) is 3.91. The average Bonchev–Trinajstić information content (AvgIpc) is 2.77. The third-order valence-corrected chi connectivity index (χ3v) is 1.75. The van der Waals surface area contributed by atoms with E-state index in [2.05, 4.69) is 25.8 Å². The van der Waals surface area contributed by atoms with Gasteiger partial charge in [-0.05, 0) is 12.5 Å². The van der Waals surface area contributed by atoms with Gasteiger partial charge in [-0.25, -0.2) is 0 Å². The number of H-pyrrole nitrogens is 1. The summed E-state index contributed by atoms with van der Waals surface area (Å²) in [4.78, 5) is 11.4. The molecule has 0 aliphatic rings. The van der Waals surface area contributed by atoms with Crippen molar-refractivity contribution in [3.63, 3.8) is 0 Å². The fourth-order valence-corrected chi connectivity index (χ4v) is 1.14. The zero-order chi connectivity index (χ0) is 10.7. The number of nitrogens with one attached hydrogen (secondary N) is 2. The Morgan fingerprint density at radius 3 is 3.07 bits per heavy atom. The van der Waals surface area contributed by atoms with Gasteiger partial charge in [-0.1, -0.05) is 0 Å². The Kier molecular flexibility index (Phi) is 2.44. The topological polar surface area (TPSA) is 88.5 Å². The van der Waals surface area contributed by atoms with E-state index in [4.69, 9.17) is 0 Å². The molecule has 0 radical (unpaired) electrons. The zero-order valence-electron chi connectivity index (χ0n) is 8.14. The number of aromatic amines is 1. The predicted octanol–water partition coefficient (Wildman–Crippen LogP) is -0.0517. The van der Waals surface area contributed by atoms with E-state index >= 15 is 0 Å². The van der Waals surface area contributed by atoms with Gasteiger partial charge in [0.15, 0.2) is 5.82 Å². The summed E-state index contributed by atoms with van der Waals surface area (Å²) in [6.07, 6.45) is 4.93. The highest BCUT2D eigenvalue weighted by Crippen LogP contribution is 1.98. The lowest BCUT2D eigenvalue weighted by Gasteiger charge is -2.00. The largest absolute Gasteiger partial charge is 0.306 e. The molecule has 0 aromatic carbocycles. The number of anilines is 1. The molecule has 2 N–H and O–H groups in total. The Morgan fingerprint density at radius 2 is 2.47 bits per heavy atom. The second-order valence-corrected chi connectivity index (χ2v) is 3.12. The molecule has 2 heterocycles. The summed E-state index contributed by atoms with van der Waals surface area (Å²) in [7, 11) is 0. The van der Waals surface area contributed by atoms with Gasteiger partial charge in [-0.3, -0.25) is 9.48 Å². The quantitative estimate of drug-likeness (QED) is 0.736. The van der Waals surface area contributed by atoms with Crippen LogP contribution in [0.25, 0.3) is 0 Å². The number of hydrogen-bond acceptors (Lipinski definition) is 4. The fourth-order valence-electron chi connectivity index (χ4n) is 1.14. The SMILES string of the molecule is Cc1cnn(CC(=O)Nc2cn[nH]n2)c1. The summed E-state index contributed by atoms with van der Waals surface area (Å²) >= 11 is 0. The number of amides is 1. The molecule has 1 amide bonds. The average molecular weight is 206 g/mol. The summed E-state index contributed by atoms with van der Waals surface area (Å²) in [5.41, 5.74) is 1.02. The molecule has 0 bridgehead atoms. The minimum absolute atomic E-state index is 0.167. The Balaban J connectivity index is 1.93. The number of hydrogen-bond donors (Lipinski definition) is 2. The molecule has 7 nitrogen and oxygen atoms in total. The summed E-state index contributed by atoms with van der Waals surface area (Å²) in [6.45, 7) is 2.08. The monoisotopic (exact) mass is 206 g/mol. The lowest BCUT2D eigenvalue weighted by Crippen LogP contribution is -2.19. The van der Waals surface area contributed by atoms with Crippen molar-refractivity contribution in [2.24, 2.45) is 0 Å². The number of carbonyl (C=O) groups excluding carboxylic acids is 1. The molecule has 7 heteroatoms. The van der Waals surface area contributed by atoms with Crippen molar-refractivity contribution in [3.8, 4) is 0 Å². The molecule has 2 rings (SSSR count). The number of aromatic nitrogens is 5. The van der Waals surface area contributed by atoms with E-state index in [0.29, 0.717) is 5.82 Å². The lowest BCUT2D eigenvalue weighted by molar-refractivity contribution is -0.116. The number of carbonyl (C=O) groups is 1. The highest BCUT2D eigenvalue weighted by atomic mass is 16.2. The van der Waals surface area contributed by atoms with Crippen molar-refractivity contribution in [2.75, 3.05) is 5.32 Å². The van der Waals surface area contributed by atoms with Crippen molar-refractivity contribution in [2.45, 2.75) is 13.5 Å². The van der Waals surface area contributed by atoms with Crippen molar-refractivity contribution in [1.29, 1.82) is 0 Å². The number of nitrogens with zero attached hydrogens (tertiary/aromatic N) is 4. The number of aryl methyl sites for hydroxylation is 1. The van der Waals surface area contributed by atoms with Crippen LogP contribution in [0.15, 0.2) is 18.6 Å². The Bertz CT molecular complexity index is 445. The minimum Gasteiger partial charge on any atom is -0.306 e. The van der Waals surface area contributed by atoms with Crippen LogP contribution in [-0.2, 0) is 11.3 Å². The predicted molar refractivity (Wildman–Crippen MR) is 52.0 cm³/mol. The summed E-state index contributed by atoms with van der Waals surface area (Å²) in [5, 5.41) is 16.3. The first kappa shape index (κ1) is 9.38. The van der Waals surface area contributed by atoms with Crippen LogP contribution in [0.1, 0.15) is 5.56 Å². The van der Waals surface area contributed by atoms with Crippen LogP contribution in [0.4, 0.5) is 5.82 Å². The molecule has 0 fully saturated rings. The Labute approximate surface area is 85.5 Å². The van der Waals surface area contributed by atoms with E-state index in [-0.39, 0.29) is 12.5 Å². The Hall–Kier alpha value is -2.18. The van der Waals surface area contributed by atoms with Crippen LogP contribution in [0, 0.1) is 6.92 Å². The van der Waals surface area contributed by atoms with Gasteiger partial charge in [0.25, 0.3) is 0 Å². The molecule has 78 valence electrons. The van der Waals surface area contributed by atoms with Crippen molar-refractivity contribution >= 4 is 11.7 Å². The molecule has 15 heavy (non-hydrogen) atoms. The first-order valence-corrected chi connectivity index (χ1v) is 4.39. The number of rotatable bonds is 3. The van der Waals surface area contributed by atoms with E-state index < -0.39 is 0 Å². The standard InChI is InChI=1S/C8H10N6O/c1-6-2-10-14(4-6)5-8(15)11-7-3-9-13-12-7/h2-4H,5H2,1H3,(H2,9,11,12,13,15). The minimum atomic E-state index is -0.188. The fraction of sp³-hybridized carbons (Fsp3) is 0.250. The summed E-state index contributed by atoms with van der Waals surface area (Å²) in [6, 6.07) is 0. The highest BCUT2D eigenvalue weighted by Gasteiger charge is 2.05. The van der Waals surface area contributed by atoms with Crippen LogP contribution in [0.2, 0.25) is 0 Å². The first-order valence-electron chi connectivity index (χ1n) is 4.39. The van der Waals surface area contributed by atoms with Gasteiger partial charge in [0.1, 0.15) is 6.54 Å². The third-order valence-electron chi connectivity index (χ3n) is 1.75. The van der Waals surface area contributed by atoms with Crippen LogP contribution >= 0.6 is 0 Å². The van der Waals surface area contributed by atoms with Gasteiger partial charge in [-0.15, -0.1) is 5.10 Å².